The van der Waals surface area contributed by atoms with Crippen LogP contribution in [0, 0.1) is 0 Å². The van der Waals surface area contributed by atoms with Crippen molar-refractivity contribution in [2.75, 3.05) is 24.4 Å². The first-order chi connectivity index (χ1) is 13.8. The molecular weight excluding hydrogens is 386 g/mol. The molecule has 0 unspecified atom stereocenters. The molecule has 0 radical (unpaired) electrons. The summed E-state index contributed by atoms with van der Waals surface area (Å²) in [5.74, 6) is 0.549. The van der Waals surface area contributed by atoms with Crippen LogP contribution in [0.1, 0.15) is 29.8 Å². The maximum atomic E-state index is 12.5. The lowest BCUT2D eigenvalue weighted by Gasteiger charge is -2.16. The monoisotopic (exact) mass is 407 g/mol. The zero-order valence-corrected chi connectivity index (χ0v) is 17.5. The number of hydrogen-bond acceptors (Lipinski definition) is 5. The van der Waals surface area contributed by atoms with Gasteiger partial charge >= 0.3 is 0 Å². The lowest BCUT2D eigenvalue weighted by molar-refractivity contribution is -0.121. The first kappa shape index (κ1) is 19.1. The predicted molar refractivity (Wildman–Crippen MR) is 115 cm³/mol. The highest BCUT2D eigenvalue weighted by atomic mass is 32.1. The van der Waals surface area contributed by atoms with Crippen LogP contribution < -0.4 is 15.0 Å². The molecule has 1 N–H and O–H groups in total. The van der Waals surface area contributed by atoms with Gasteiger partial charge in [0.05, 0.1) is 18.2 Å². The highest BCUT2D eigenvalue weighted by molar-refractivity contribution is 7.14. The molecule has 4 rings (SSSR count). The minimum Gasteiger partial charge on any atom is -0.497 e. The Balaban J connectivity index is 1.56. The number of aromatic nitrogens is 1. The van der Waals surface area contributed by atoms with Crippen LogP contribution in [0.4, 0.5) is 10.8 Å². The van der Waals surface area contributed by atoms with Crippen molar-refractivity contribution in [3.8, 4) is 17.0 Å². The highest BCUT2D eigenvalue weighted by Crippen LogP contribution is 2.42. The zero-order chi connectivity index (χ0) is 20.8. The van der Waals surface area contributed by atoms with Gasteiger partial charge in [0.1, 0.15) is 5.75 Å². The number of carbonyl (C=O) groups is 2. The van der Waals surface area contributed by atoms with E-state index >= 15 is 0 Å². The van der Waals surface area contributed by atoms with E-state index in [-0.39, 0.29) is 11.8 Å². The molecule has 2 amide bonds. The molecule has 0 atom stereocenters. The van der Waals surface area contributed by atoms with Gasteiger partial charge in [0.15, 0.2) is 5.13 Å². The van der Waals surface area contributed by atoms with Crippen molar-refractivity contribution >= 4 is 34.0 Å². The van der Waals surface area contributed by atoms with E-state index in [1.165, 1.54) is 11.3 Å². The quantitative estimate of drug-likeness (QED) is 0.699. The second-order valence-electron chi connectivity index (χ2n) is 7.44. The Morgan fingerprint density at radius 1 is 1.17 bits per heavy atom. The van der Waals surface area contributed by atoms with Gasteiger partial charge in [-0.1, -0.05) is 6.07 Å². The van der Waals surface area contributed by atoms with Gasteiger partial charge in [0.2, 0.25) is 5.91 Å². The smallest absolute Gasteiger partial charge is 0.257 e. The standard InChI is InChI=1S/C22H21N3O3S/c1-22(2)16-11-14(7-10-18(16)25(3)20(22)27)17-12-29-21(23-17)24-19(26)13-5-8-15(28-4)9-6-13/h5-12H,1-4H3,(H,23,24,26). The Morgan fingerprint density at radius 3 is 2.59 bits per heavy atom. The summed E-state index contributed by atoms with van der Waals surface area (Å²) in [5.41, 5.74) is 3.55. The van der Waals surface area contributed by atoms with Gasteiger partial charge in [-0.15, -0.1) is 11.3 Å². The molecule has 6 nitrogen and oxygen atoms in total. The van der Waals surface area contributed by atoms with Crippen LogP contribution in [0.2, 0.25) is 0 Å². The SMILES string of the molecule is COc1ccc(C(=O)Nc2nc(-c3ccc4c(c3)C(C)(C)C(=O)N4C)cs2)cc1. The second kappa shape index (κ2) is 7.00. The number of likely N-dealkylation sites (N-methyl/N-ethyl adjacent to an activating group) is 1. The molecule has 2 aromatic carbocycles. The first-order valence-electron chi connectivity index (χ1n) is 9.15. The van der Waals surface area contributed by atoms with Gasteiger partial charge in [0.25, 0.3) is 5.91 Å². The Hall–Kier alpha value is -3.19. The topological polar surface area (TPSA) is 71.5 Å². The Bertz CT molecular complexity index is 1100. The molecule has 3 aromatic rings. The van der Waals surface area contributed by atoms with E-state index in [4.69, 9.17) is 4.74 Å². The number of ether oxygens (including phenoxy) is 1. The van der Waals surface area contributed by atoms with Crippen molar-refractivity contribution < 1.29 is 14.3 Å². The van der Waals surface area contributed by atoms with E-state index in [1.54, 1.807) is 43.3 Å². The number of thiazole rings is 1. The maximum absolute atomic E-state index is 12.5. The number of hydrogen-bond donors (Lipinski definition) is 1. The number of carbonyl (C=O) groups excluding carboxylic acids is 2. The molecule has 2 heterocycles. The number of nitrogens with one attached hydrogen (secondary N) is 1. The summed E-state index contributed by atoms with van der Waals surface area (Å²) in [6.45, 7) is 3.87. The minimum atomic E-state index is -0.568. The van der Waals surface area contributed by atoms with Gasteiger partial charge in [-0.05, 0) is 55.8 Å². The molecule has 0 bridgehead atoms. The molecule has 0 fully saturated rings. The van der Waals surface area contributed by atoms with Crippen LogP contribution in [0.15, 0.2) is 47.8 Å². The molecular formula is C22H21N3O3S. The summed E-state index contributed by atoms with van der Waals surface area (Å²) in [4.78, 5) is 31.2. The Labute approximate surface area is 173 Å². The molecule has 29 heavy (non-hydrogen) atoms. The van der Waals surface area contributed by atoms with Crippen molar-refractivity contribution in [2.45, 2.75) is 19.3 Å². The van der Waals surface area contributed by atoms with Gasteiger partial charge < -0.3 is 9.64 Å². The lowest BCUT2D eigenvalue weighted by Crippen LogP contribution is -2.33. The Morgan fingerprint density at radius 2 is 1.90 bits per heavy atom. The molecule has 7 heteroatoms. The lowest BCUT2D eigenvalue weighted by atomic mass is 9.85. The fourth-order valence-electron chi connectivity index (χ4n) is 3.51. The van der Waals surface area contributed by atoms with Crippen LogP contribution in [0.5, 0.6) is 5.75 Å². The minimum absolute atomic E-state index is 0.0790. The van der Waals surface area contributed by atoms with E-state index in [2.05, 4.69) is 10.3 Å². The van der Waals surface area contributed by atoms with Crippen molar-refractivity contribution in [2.24, 2.45) is 0 Å². The zero-order valence-electron chi connectivity index (χ0n) is 16.6. The number of rotatable bonds is 4. The van der Waals surface area contributed by atoms with Crippen LogP contribution >= 0.6 is 11.3 Å². The summed E-state index contributed by atoms with van der Waals surface area (Å²) in [5, 5.41) is 5.26. The molecule has 1 aromatic heterocycles. The van der Waals surface area contributed by atoms with E-state index < -0.39 is 5.41 Å². The number of fused-ring (bicyclic) bond motifs is 1. The molecule has 1 aliphatic heterocycles. The number of anilines is 2. The van der Waals surface area contributed by atoms with E-state index in [0.717, 1.165) is 22.5 Å². The molecule has 0 saturated heterocycles. The van der Waals surface area contributed by atoms with Crippen molar-refractivity contribution in [1.82, 2.24) is 4.98 Å². The average Bonchev–Trinajstić information content (AvgIpc) is 3.26. The normalized spacial score (nSPS) is 14.6. The fourth-order valence-corrected chi connectivity index (χ4v) is 4.22. The third-order valence-electron chi connectivity index (χ3n) is 5.24. The molecule has 0 spiro atoms. The number of nitrogens with zero attached hydrogens (tertiary/aromatic N) is 2. The number of methoxy groups -OCH3 is 1. The largest absolute Gasteiger partial charge is 0.497 e. The molecule has 0 saturated carbocycles. The van der Waals surface area contributed by atoms with Crippen LogP contribution in [0.3, 0.4) is 0 Å². The van der Waals surface area contributed by atoms with Crippen molar-refractivity contribution in [1.29, 1.82) is 0 Å². The second-order valence-corrected chi connectivity index (χ2v) is 8.30. The van der Waals surface area contributed by atoms with Crippen LogP contribution in [-0.4, -0.2) is 31.0 Å². The summed E-state index contributed by atoms with van der Waals surface area (Å²) < 4.78 is 5.11. The number of amides is 2. The van der Waals surface area contributed by atoms with E-state index in [1.807, 2.05) is 37.4 Å². The maximum Gasteiger partial charge on any atom is 0.257 e. The third kappa shape index (κ3) is 3.27. The highest BCUT2D eigenvalue weighted by Gasteiger charge is 2.42. The van der Waals surface area contributed by atoms with Gasteiger partial charge in [-0.25, -0.2) is 4.98 Å². The van der Waals surface area contributed by atoms with E-state index in [0.29, 0.717) is 16.4 Å². The van der Waals surface area contributed by atoms with Crippen LogP contribution in [-0.2, 0) is 10.2 Å². The summed E-state index contributed by atoms with van der Waals surface area (Å²) in [6, 6.07) is 12.8. The van der Waals surface area contributed by atoms with E-state index in [9.17, 15) is 9.59 Å². The van der Waals surface area contributed by atoms with Crippen LogP contribution in [0.25, 0.3) is 11.3 Å². The predicted octanol–water partition coefficient (Wildman–Crippen LogP) is 4.33. The first-order valence-corrected chi connectivity index (χ1v) is 10.0. The molecule has 0 aliphatic carbocycles. The van der Waals surface area contributed by atoms with Crippen molar-refractivity contribution in [3.63, 3.8) is 0 Å². The molecule has 148 valence electrons. The fraction of sp³-hybridized carbons (Fsp3) is 0.227. The van der Waals surface area contributed by atoms with Crippen molar-refractivity contribution in [3.05, 3.63) is 59.0 Å². The molecule has 1 aliphatic rings. The summed E-state index contributed by atoms with van der Waals surface area (Å²) in [7, 11) is 3.38. The number of benzene rings is 2. The van der Waals surface area contributed by atoms with Gasteiger partial charge in [0, 0.05) is 29.2 Å². The third-order valence-corrected chi connectivity index (χ3v) is 6.00. The Kier molecular flexibility index (Phi) is 4.62. The average molecular weight is 407 g/mol. The van der Waals surface area contributed by atoms with Gasteiger partial charge in [-0.3, -0.25) is 14.9 Å². The summed E-state index contributed by atoms with van der Waals surface area (Å²) in [6.07, 6.45) is 0. The summed E-state index contributed by atoms with van der Waals surface area (Å²) >= 11 is 1.36. The van der Waals surface area contributed by atoms with Gasteiger partial charge in [-0.2, -0.15) is 0 Å².